The molecule has 21 heavy (non-hydrogen) atoms. The minimum Gasteiger partial charge on any atom is -0.306 e. The van der Waals surface area contributed by atoms with E-state index in [1.54, 1.807) is 0 Å². The molecule has 3 nitrogen and oxygen atoms in total. The van der Waals surface area contributed by atoms with E-state index in [2.05, 4.69) is 59.5 Å². The van der Waals surface area contributed by atoms with Crippen molar-refractivity contribution in [1.29, 1.82) is 0 Å². The van der Waals surface area contributed by atoms with Crippen molar-refractivity contribution < 1.29 is 0 Å². The Kier molecular flexibility index (Phi) is 3.93. The van der Waals surface area contributed by atoms with Gasteiger partial charge in [0.15, 0.2) is 0 Å². The summed E-state index contributed by atoms with van der Waals surface area (Å²) in [6.07, 6.45) is 5.66. The second-order valence-corrected chi connectivity index (χ2v) is 5.20. The SMILES string of the molecule is CCNC(c1cncc(C)c1)c1cccc2ncccc12. The van der Waals surface area contributed by atoms with Gasteiger partial charge in [-0.3, -0.25) is 9.97 Å². The monoisotopic (exact) mass is 277 g/mol. The van der Waals surface area contributed by atoms with E-state index in [9.17, 15) is 0 Å². The van der Waals surface area contributed by atoms with Crippen LogP contribution in [0.1, 0.15) is 29.7 Å². The molecule has 0 bridgehead atoms. The van der Waals surface area contributed by atoms with Crippen LogP contribution in [-0.4, -0.2) is 16.5 Å². The van der Waals surface area contributed by atoms with Crippen LogP contribution in [0, 0.1) is 6.92 Å². The molecular formula is C18H19N3. The molecule has 0 amide bonds. The lowest BCUT2D eigenvalue weighted by molar-refractivity contribution is 0.632. The molecule has 3 aromatic rings. The van der Waals surface area contributed by atoms with Gasteiger partial charge in [-0.2, -0.15) is 0 Å². The van der Waals surface area contributed by atoms with Crippen LogP contribution in [0.3, 0.4) is 0 Å². The van der Waals surface area contributed by atoms with E-state index in [-0.39, 0.29) is 6.04 Å². The van der Waals surface area contributed by atoms with E-state index < -0.39 is 0 Å². The lowest BCUT2D eigenvalue weighted by Crippen LogP contribution is -2.22. The van der Waals surface area contributed by atoms with Gasteiger partial charge in [-0.1, -0.05) is 31.2 Å². The number of aryl methyl sites for hydroxylation is 1. The maximum Gasteiger partial charge on any atom is 0.0705 e. The minimum atomic E-state index is 0.135. The van der Waals surface area contributed by atoms with Gasteiger partial charge in [-0.05, 0) is 42.3 Å². The van der Waals surface area contributed by atoms with E-state index >= 15 is 0 Å². The number of nitrogens with zero attached hydrogens (tertiary/aromatic N) is 2. The summed E-state index contributed by atoms with van der Waals surface area (Å²) in [6.45, 7) is 5.10. The predicted molar refractivity (Wildman–Crippen MR) is 86.2 cm³/mol. The zero-order chi connectivity index (χ0) is 14.7. The Morgan fingerprint density at radius 3 is 2.86 bits per heavy atom. The summed E-state index contributed by atoms with van der Waals surface area (Å²) in [5, 5.41) is 4.75. The second kappa shape index (κ2) is 6.02. The molecule has 1 atom stereocenters. The Balaban J connectivity index is 2.16. The Hall–Kier alpha value is -2.26. The molecule has 0 aliphatic rings. The number of aromatic nitrogens is 2. The lowest BCUT2D eigenvalue weighted by atomic mass is 9.95. The summed E-state index contributed by atoms with van der Waals surface area (Å²) in [5.74, 6) is 0. The van der Waals surface area contributed by atoms with Crippen molar-refractivity contribution in [3.63, 3.8) is 0 Å². The molecule has 1 N–H and O–H groups in total. The topological polar surface area (TPSA) is 37.8 Å². The molecule has 0 saturated heterocycles. The van der Waals surface area contributed by atoms with Gasteiger partial charge in [-0.25, -0.2) is 0 Å². The molecule has 1 unspecified atom stereocenters. The summed E-state index contributed by atoms with van der Waals surface area (Å²) < 4.78 is 0. The molecule has 106 valence electrons. The summed E-state index contributed by atoms with van der Waals surface area (Å²) in [6, 6.07) is 12.7. The second-order valence-electron chi connectivity index (χ2n) is 5.20. The number of fused-ring (bicyclic) bond motifs is 1. The first-order valence-corrected chi connectivity index (χ1v) is 7.28. The summed E-state index contributed by atoms with van der Waals surface area (Å²) in [7, 11) is 0. The molecule has 0 aliphatic carbocycles. The average molecular weight is 277 g/mol. The van der Waals surface area contributed by atoms with Crippen molar-refractivity contribution in [2.45, 2.75) is 19.9 Å². The van der Waals surface area contributed by atoms with Gasteiger partial charge in [0.2, 0.25) is 0 Å². The van der Waals surface area contributed by atoms with Gasteiger partial charge in [0, 0.05) is 24.0 Å². The number of benzene rings is 1. The highest BCUT2D eigenvalue weighted by Crippen LogP contribution is 2.28. The third-order valence-electron chi connectivity index (χ3n) is 3.63. The Labute approximate surface area is 125 Å². The number of hydrogen-bond acceptors (Lipinski definition) is 3. The predicted octanol–water partition coefficient (Wildman–Crippen LogP) is 3.64. The van der Waals surface area contributed by atoms with Gasteiger partial charge in [-0.15, -0.1) is 0 Å². The van der Waals surface area contributed by atoms with Gasteiger partial charge in [0.25, 0.3) is 0 Å². The molecule has 0 radical (unpaired) electrons. The number of nitrogens with one attached hydrogen (secondary N) is 1. The molecule has 0 spiro atoms. The molecule has 2 heterocycles. The Morgan fingerprint density at radius 1 is 1.14 bits per heavy atom. The van der Waals surface area contributed by atoms with Crippen LogP contribution in [0.2, 0.25) is 0 Å². The standard InChI is InChI=1S/C18H19N3/c1-3-20-18(14-10-13(2)11-19-12-14)16-6-4-8-17-15(16)7-5-9-21-17/h4-12,18,20H,3H2,1-2H3. The van der Waals surface area contributed by atoms with Crippen LogP contribution in [0.5, 0.6) is 0 Å². The van der Waals surface area contributed by atoms with Crippen molar-refractivity contribution in [2.75, 3.05) is 6.54 Å². The highest BCUT2D eigenvalue weighted by atomic mass is 14.9. The van der Waals surface area contributed by atoms with Crippen LogP contribution in [0.15, 0.2) is 55.0 Å². The number of pyridine rings is 2. The van der Waals surface area contributed by atoms with Crippen molar-refractivity contribution in [3.05, 3.63) is 71.7 Å². The molecule has 2 aromatic heterocycles. The third-order valence-corrected chi connectivity index (χ3v) is 3.63. The maximum absolute atomic E-state index is 4.45. The third kappa shape index (κ3) is 2.78. The van der Waals surface area contributed by atoms with Crippen LogP contribution < -0.4 is 5.32 Å². The fraction of sp³-hybridized carbons (Fsp3) is 0.222. The zero-order valence-corrected chi connectivity index (χ0v) is 12.4. The molecule has 3 rings (SSSR count). The fourth-order valence-electron chi connectivity index (χ4n) is 2.73. The van der Waals surface area contributed by atoms with Crippen LogP contribution >= 0.6 is 0 Å². The zero-order valence-electron chi connectivity index (χ0n) is 12.4. The van der Waals surface area contributed by atoms with E-state index in [0.717, 1.165) is 12.1 Å². The van der Waals surface area contributed by atoms with Crippen molar-refractivity contribution >= 4 is 10.9 Å². The lowest BCUT2D eigenvalue weighted by Gasteiger charge is -2.20. The van der Waals surface area contributed by atoms with Crippen LogP contribution in [0.4, 0.5) is 0 Å². The fourth-order valence-corrected chi connectivity index (χ4v) is 2.73. The quantitative estimate of drug-likeness (QED) is 0.791. The van der Waals surface area contributed by atoms with Crippen molar-refractivity contribution in [1.82, 2.24) is 15.3 Å². The average Bonchev–Trinajstić information content (AvgIpc) is 2.52. The molecular weight excluding hydrogens is 258 g/mol. The molecule has 1 aromatic carbocycles. The highest BCUT2D eigenvalue weighted by Gasteiger charge is 2.16. The minimum absolute atomic E-state index is 0.135. The first kappa shape index (κ1) is 13.7. The van der Waals surface area contributed by atoms with E-state index in [1.165, 1.54) is 22.1 Å². The number of rotatable bonds is 4. The normalized spacial score (nSPS) is 12.5. The van der Waals surface area contributed by atoms with Crippen LogP contribution in [0.25, 0.3) is 10.9 Å². The van der Waals surface area contributed by atoms with Gasteiger partial charge in [0.1, 0.15) is 0 Å². The first-order chi connectivity index (χ1) is 10.3. The summed E-state index contributed by atoms with van der Waals surface area (Å²) >= 11 is 0. The van der Waals surface area contributed by atoms with Crippen molar-refractivity contribution in [3.8, 4) is 0 Å². The summed E-state index contributed by atoms with van der Waals surface area (Å²) in [5.41, 5.74) is 4.63. The number of hydrogen-bond donors (Lipinski definition) is 1. The molecule has 0 aliphatic heterocycles. The first-order valence-electron chi connectivity index (χ1n) is 7.28. The van der Waals surface area contributed by atoms with E-state index in [0.29, 0.717) is 0 Å². The van der Waals surface area contributed by atoms with Crippen LogP contribution in [-0.2, 0) is 0 Å². The van der Waals surface area contributed by atoms with Gasteiger partial charge >= 0.3 is 0 Å². The van der Waals surface area contributed by atoms with E-state index in [1.807, 2.05) is 24.7 Å². The Bertz CT molecular complexity index is 747. The molecule has 3 heteroatoms. The van der Waals surface area contributed by atoms with Gasteiger partial charge < -0.3 is 5.32 Å². The smallest absolute Gasteiger partial charge is 0.0705 e. The largest absolute Gasteiger partial charge is 0.306 e. The van der Waals surface area contributed by atoms with Crippen molar-refractivity contribution in [2.24, 2.45) is 0 Å². The molecule has 0 saturated carbocycles. The Morgan fingerprint density at radius 2 is 2.05 bits per heavy atom. The summed E-state index contributed by atoms with van der Waals surface area (Å²) in [4.78, 5) is 8.79. The molecule has 0 fully saturated rings. The maximum atomic E-state index is 4.45. The van der Waals surface area contributed by atoms with Gasteiger partial charge in [0.05, 0.1) is 11.6 Å². The highest BCUT2D eigenvalue weighted by molar-refractivity contribution is 5.82. The van der Waals surface area contributed by atoms with E-state index in [4.69, 9.17) is 0 Å².